The van der Waals surface area contributed by atoms with Crippen molar-refractivity contribution in [1.29, 1.82) is 0 Å². The van der Waals surface area contributed by atoms with Crippen LogP contribution in [0, 0.1) is 17.0 Å². The van der Waals surface area contributed by atoms with E-state index in [1.165, 1.54) is 20.8 Å². The van der Waals surface area contributed by atoms with Gasteiger partial charge in [0.2, 0.25) is 10.0 Å². The zero-order valence-corrected chi connectivity index (χ0v) is 13.8. The Hall–Kier alpha value is -1.06. The van der Waals surface area contributed by atoms with E-state index < -0.39 is 44.0 Å². The predicted octanol–water partition coefficient (Wildman–Crippen LogP) is 2.50. The summed E-state index contributed by atoms with van der Waals surface area (Å²) in [4.78, 5) is 10.4. The molecular weight excluding hydrogens is 372 g/mol. The highest BCUT2D eigenvalue weighted by atomic mass is 79.9. The molecule has 0 aromatic heterocycles. The zero-order chi connectivity index (χ0) is 16.6. The van der Waals surface area contributed by atoms with Crippen LogP contribution in [0.1, 0.15) is 20.8 Å². The van der Waals surface area contributed by atoms with Crippen molar-refractivity contribution in [1.82, 2.24) is 4.72 Å². The smallest absolute Gasteiger partial charge is 0.322 e. The molecule has 5 nitrogen and oxygen atoms in total. The monoisotopic (exact) mass is 385 g/mol. The Morgan fingerprint density at radius 2 is 1.86 bits per heavy atom. The fraction of sp³-hybridized carbons (Fsp3) is 0.417. The van der Waals surface area contributed by atoms with Gasteiger partial charge in [-0.05, 0) is 27.4 Å². The van der Waals surface area contributed by atoms with Crippen molar-refractivity contribution in [2.24, 2.45) is 5.41 Å². The zero-order valence-electron chi connectivity index (χ0n) is 11.4. The van der Waals surface area contributed by atoms with Crippen molar-refractivity contribution in [3.8, 4) is 0 Å². The highest BCUT2D eigenvalue weighted by Gasteiger charge is 2.37. The van der Waals surface area contributed by atoms with Crippen molar-refractivity contribution in [2.75, 3.05) is 0 Å². The first-order valence-electron chi connectivity index (χ1n) is 5.76. The van der Waals surface area contributed by atoms with Gasteiger partial charge in [-0.1, -0.05) is 20.8 Å². The molecule has 21 heavy (non-hydrogen) atoms. The molecule has 118 valence electrons. The van der Waals surface area contributed by atoms with Crippen LogP contribution in [0.3, 0.4) is 0 Å². The number of sulfonamides is 1. The standard InChI is InChI=1S/C12H14BrF2NO4S/c1-12(2,3)10(11(17)18)16-21(19,20)9-7(13)4-6(14)5-8(9)15/h4-5,10,16H,1-3H3,(H,17,18). The molecule has 0 aliphatic rings. The first-order chi connectivity index (χ1) is 9.36. The van der Waals surface area contributed by atoms with E-state index >= 15 is 0 Å². The van der Waals surface area contributed by atoms with Crippen LogP contribution in [-0.4, -0.2) is 25.5 Å². The molecule has 0 spiro atoms. The van der Waals surface area contributed by atoms with Crippen LogP contribution >= 0.6 is 15.9 Å². The normalized spacial score (nSPS) is 14.0. The van der Waals surface area contributed by atoms with E-state index in [-0.39, 0.29) is 4.47 Å². The van der Waals surface area contributed by atoms with Gasteiger partial charge in [-0.25, -0.2) is 17.2 Å². The lowest BCUT2D eigenvalue weighted by molar-refractivity contribution is -0.141. The topological polar surface area (TPSA) is 83.5 Å². The summed E-state index contributed by atoms with van der Waals surface area (Å²) in [5.41, 5.74) is -0.943. The number of rotatable bonds is 4. The van der Waals surface area contributed by atoms with Crippen LogP contribution in [0.25, 0.3) is 0 Å². The van der Waals surface area contributed by atoms with Crippen LogP contribution < -0.4 is 4.72 Å². The summed E-state index contributed by atoms with van der Waals surface area (Å²) in [6.45, 7) is 4.55. The molecule has 1 aromatic carbocycles. The number of benzene rings is 1. The second kappa shape index (κ2) is 5.98. The lowest BCUT2D eigenvalue weighted by atomic mass is 9.88. The Labute approximate surface area is 129 Å². The van der Waals surface area contributed by atoms with Crippen molar-refractivity contribution >= 4 is 31.9 Å². The number of carboxylic acid groups (broad SMARTS) is 1. The predicted molar refractivity (Wildman–Crippen MR) is 75.3 cm³/mol. The minimum Gasteiger partial charge on any atom is -0.480 e. The molecule has 2 N–H and O–H groups in total. The van der Waals surface area contributed by atoms with E-state index in [1.54, 1.807) is 0 Å². The molecule has 0 saturated heterocycles. The number of carboxylic acids is 1. The fourth-order valence-corrected chi connectivity index (χ4v) is 4.16. The minimum atomic E-state index is -4.49. The van der Waals surface area contributed by atoms with Gasteiger partial charge in [0, 0.05) is 10.5 Å². The van der Waals surface area contributed by atoms with Crippen molar-refractivity contribution in [3.05, 3.63) is 28.2 Å². The summed E-state index contributed by atoms with van der Waals surface area (Å²) in [5.74, 6) is -3.67. The third kappa shape index (κ3) is 4.21. The molecule has 0 radical (unpaired) electrons. The summed E-state index contributed by atoms with van der Waals surface area (Å²) >= 11 is 2.76. The van der Waals surface area contributed by atoms with Crippen molar-refractivity contribution in [3.63, 3.8) is 0 Å². The molecule has 0 amide bonds. The van der Waals surface area contributed by atoms with E-state index in [9.17, 15) is 22.0 Å². The maximum atomic E-state index is 13.7. The van der Waals surface area contributed by atoms with E-state index in [0.717, 1.165) is 6.07 Å². The molecule has 1 aromatic rings. The van der Waals surface area contributed by atoms with Crippen molar-refractivity contribution in [2.45, 2.75) is 31.7 Å². The largest absolute Gasteiger partial charge is 0.480 e. The lowest BCUT2D eigenvalue weighted by Gasteiger charge is -2.27. The first-order valence-corrected chi connectivity index (χ1v) is 8.03. The molecule has 0 saturated carbocycles. The molecule has 0 bridgehead atoms. The lowest BCUT2D eigenvalue weighted by Crippen LogP contribution is -2.49. The molecule has 9 heteroatoms. The molecule has 0 aliphatic carbocycles. The van der Waals surface area contributed by atoms with E-state index in [2.05, 4.69) is 15.9 Å². The summed E-state index contributed by atoms with van der Waals surface area (Å²) in [5, 5.41) is 9.11. The van der Waals surface area contributed by atoms with Gasteiger partial charge in [-0.15, -0.1) is 0 Å². The third-order valence-electron chi connectivity index (χ3n) is 2.62. The summed E-state index contributed by atoms with van der Waals surface area (Å²) < 4.78 is 52.7. The second-order valence-electron chi connectivity index (χ2n) is 5.46. The van der Waals surface area contributed by atoms with Gasteiger partial charge < -0.3 is 5.11 Å². The fourth-order valence-electron chi connectivity index (χ4n) is 1.60. The van der Waals surface area contributed by atoms with Gasteiger partial charge in [0.05, 0.1) is 0 Å². The quantitative estimate of drug-likeness (QED) is 0.833. The van der Waals surface area contributed by atoms with Gasteiger partial charge in [0.1, 0.15) is 22.6 Å². The number of nitrogens with one attached hydrogen (secondary N) is 1. The van der Waals surface area contributed by atoms with E-state index in [1.807, 2.05) is 4.72 Å². The van der Waals surface area contributed by atoms with Gasteiger partial charge in [-0.3, -0.25) is 4.79 Å². The van der Waals surface area contributed by atoms with Crippen LogP contribution in [0.4, 0.5) is 8.78 Å². The number of carbonyl (C=O) groups is 1. The highest BCUT2D eigenvalue weighted by molar-refractivity contribution is 9.10. The van der Waals surface area contributed by atoms with Crippen LogP contribution in [-0.2, 0) is 14.8 Å². The van der Waals surface area contributed by atoms with Gasteiger partial charge in [-0.2, -0.15) is 4.72 Å². The van der Waals surface area contributed by atoms with E-state index in [4.69, 9.17) is 5.11 Å². The average Bonchev–Trinajstić information content (AvgIpc) is 2.21. The number of hydrogen-bond acceptors (Lipinski definition) is 3. The average molecular weight is 386 g/mol. The second-order valence-corrected chi connectivity index (χ2v) is 7.96. The van der Waals surface area contributed by atoms with Gasteiger partial charge in [0.25, 0.3) is 0 Å². The van der Waals surface area contributed by atoms with Crippen LogP contribution in [0.2, 0.25) is 0 Å². The molecule has 0 aliphatic heterocycles. The molecule has 1 atom stereocenters. The molecular formula is C12H14BrF2NO4S. The highest BCUT2D eigenvalue weighted by Crippen LogP contribution is 2.28. The first kappa shape index (κ1) is 18.0. The Morgan fingerprint density at radius 3 is 2.24 bits per heavy atom. The van der Waals surface area contributed by atoms with Gasteiger partial charge >= 0.3 is 5.97 Å². The molecule has 0 heterocycles. The van der Waals surface area contributed by atoms with E-state index in [0.29, 0.717) is 6.07 Å². The SMILES string of the molecule is CC(C)(C)C(NS(=O)(=O)c1c(F)cc(F)cc1Br)C(=O)O. The van der Waals surface area contributed by atoms with Gasteiger partial charge in [0.15, 0.2) is 0 Å². The number of aliphatic carboxylic acids is 1. The summed E-state index contributed by atoms with van der Waals surface area (Å²) in [7, 11) is -4.49. The third-order valence-corrected chi connectivity index (χ3v) is 5.00. The Kier molecular flexibility index (Phi) is 5.12. The Balaban J connectivity index is 3.33. The number of halogens is 3. The Bertz CT molecular complexity index is 647. The molecule has 1 rings (SSSR count). The maximum Gasteiger partial charge on any atom is 0.322 e. The molecule has 0 fully saturated rings. The molecule has 1 unspecified atom stereocenters. The van der Waals surface area contributed by atoms with Crippen LogP contribution in [0.15, 0.2) is 21.5 Å². The number of hydrogen-bond donors (Lipinski definition) is 2. The summed E-state index contributed by atoms with van der Waals surface area (Å²) in [6, 6.07) is -0.282. The minimum absolute atomic E-state index is 0.328. The van der Waals surface area contributed by atoms with Crippen LogP contribution in [0.5, 0.6) is 0 Å². The Morgan fingerprint density at radius 1 is 1.33 bits per heavy atom. The van der Waals surface area contributed by atoms with Crippen molar-refractivity contribution < 1.29 is 27.1 Å². The maximum absolute atomic E-state index is 13.7. The summed E-state index contributed by atoms with van der Waals surface area (Å²) in [6.07, 6.45) is 0.